The Morgan fingerprint density at radius 3 is 2.18 bits per heavy atom. The lowest BCUT2D eigenvalue weighted by Gasteiger charge is -2.38. The molecule has 0 saturated carbocycles. The van der Waals surface area contributed by atoms with Crippen molar-refractivity contribution < 1.29 is 20.1 Å². The summed E-state index contributed by atoms with van der Waals surface area (Å²) in [6, 6.07) is -0.914. The molecular formula is C6H11BO4. The quantitative estimate of drug-likeness (QED) is 0.356. The Kier molecular flexibility index (Phi) is 2.54. The van der Waals surface area contributed by atoms with E-state index in [0.717, 1.165) is 0 Å². The highest BCUT2D eigenvalue weighted by Crippen LogP contribution is 2.18. The van der Waals surface area contributed by atoms with E-state index in [2.05, 4.69) is 0 Å². The molecule has 3 N–H and O–H groups in total. The minimum absolute atomic E-state index is 0.539. The second-order valence-electron chi connectivity index (χ2n) is 2.78. The van der Waals surface area contributed by atoms with E-state index in [1.807, 2.05) is 0 Å². The summed E-state index contributed by atoms with van der Waals surface area (Å²) in [5.41, 5.74) is 0. The van der Waals surface area contributed by atoms with Gasteiger partial charge in [0.05, 0.1) is 12.2 Å². The van der Waals surface area contributed by atoms with Crippen molar-refractivity contribution in [3.05, 3.63) is 0 Å². The van der Waals surface area contributed by atoms with Gasteiger partial charge >= 0.3 is 0 Å². The van der Waals surface area contributed by atoms with Crippen LogP contribution in [0, 0.1) is 0 Å². The second kappa shape index (κ2) is 3.10. The highest BCUT2D eigenvalue weighted by molar-refractivity contribution is 6.11. The molecule has 1 heterocycles. The molecule has 1 rings (SSSR count). The van der Waals surface area contributed by atoms with E-state index in [0.29, 0.717) is 0 Å². The van der Waals surface area contributed by atoms with Crippen molar-refractivity contribution in [2.45, 2.75) is 37.3 Å². The maximum atomic E-state index is 9.14. The molecule has 5 atom stereocenters. The van der Waals surface area contributed by atoms with E-state index in [-0.39, 0.29) is 0 Å². The van der Waals surface area contributed by atoms with Crippen LogP contribution in [0.2, 0.25) is 0 Å². The zero-order chi connectivity index (χ0) is 8.59. The number of aliphatic hydroxyl groups is 3. The minimum atomic E-state index is -1.21. The highest BCUT2D eigenvalue weighted by atomic mass is 16.5. The first-order valence-corrected chi connectivity index (χ1v) is 3.49. The molecule has 1 aliphatic heterocycles. The van der Waals surface area contributed by atoms with Gasteiger partial charge in [-0.1, -0.05) is 0 Å². The Bertz CT molecular complexity index is 129. The van der Waals surface area contributed by atoms with Crippen molar-refractivity contribution in [2.75, 3.05) is 0 Å². The van der Waals surface area contributed by atoms with Gasteiger partial charge in [-0.05, 0) is 6.92 Å². The molecule has 1 saturated heterocycles. The Hall–Kier alpha value is -0.0951. The fourth-order valence-corrected chi connectivity index (χ4v) is 1.08. The first-order chi connectivity index (χ1) is 5.04. The lowest BCUT2D eigenvalue weighted by atomic mass is 9.85. The fraction of sp³-hybridized carbons (Fsp3) is 1.00. The van der Waals surface area contributed by atoms with E-state index in [9.17, 15) is 0 Å². The van der Waals surface area contributed by atoms with Gasteiger partial charge in [0.1, 0.15) is 20.1 Å². The summed E-state index contributed by atoms with van der Waals surface area (Å²) >= 11 is 0. The molecule has 0 aromatic heterocycles. The number of aliphatic hydroxyl groups excluding tert-OH is 3. The van der Waals surface area contributed by atoms with Crippen molar-refractivity contribution >= 4 is 7.85 Å². The lowest BCUT2D eigenvalue weighted by molar-refractivity contribution is -0.194. The first kappa shape index (κ1) is 9.00. The minimum Gasteiger partial charge on any atom is -0.388 e. The molecule has 1 aliphatic rings. The van der Waals surface area contributed by atoms with Crippen LogP contribution in [0.25, 0.3) is 0 Å². The Morgan fingerprint density at radius 1 is 1.09 bits per heavy atom. The third-order valence-corrected chi connectivity index (χ3v) is 1.89. The molecule has 0 amide bonds. The van der Waals surface area contributed by atoms with E-state index in [4.69, 9.17) is 27.9 Å². The van der Waals surface area contributed by atoms with Gasteiger partial charge in [0.15, 0.2) is 0 Å². The summed E-state index contributed by atoms with van der Waals surface area (Å²) in [6.45, 7) is 1.58. The molecule has 0 aromatic rings. The molecule has 0 spiro atoms. The summed E-state index contributed by atoms with van der Waals surface area (Å²) in [5.74, 6) is 0. The lowest BCUT2D eigenvalue weighted by Crippen LogP contribution is -2.56. The van der Waals surface area contributed by atoms with E-state index in [1.165, 1.54) is 0 Å². The predicted molar refractivity (Wildman–Crippen MR) is 38.1 cm³/mol. The summed E-state index contributed by atoms with van der Waals surface area (Å²) in [5, 5.41) is 27.3. The maximum Gasteiger partial charge on any atom is 0.112 e. The van der Waals surface area contributed by atoms with E-state index >= 15 is 0 Å². The van der Waals surface area contributed by atoms with E-state index < -0.39 is 30.4 Å². The van der Waals surface area contributed by atoms with Crippen molar-refractivity contribution in [2.24, 2.45) is 0 Å². The molecular weight excluding hydrogens is 147 g/mol. The summed E-state index contributed by atoms with van der Waals surface area (Å²) in [7, 11) is 5.28. The summed E-state index contributed by atoms with van der Waals surface area (Å²) in [4.78, 5) is 0. The van der Waals surface area contributed by atoms with E-state index in [1.54, 1.807) is 6.92 Å². The van der Waals surface area contributed by atoms with Crippen molar-refractivity contribution in [1.82, 2.24) is 0 Å². The van der Waals surface area contributed by atoms with Crippen LogP contribution in [-0.2, 0) is 4.74 Å². The molecule has 1 fully saturated rings. The molecule has 2 radical (unpaired) electrons. The number of hydrogen-bond donors (Lipinski definition) is 3. The predicted octanol–water partition coefficient (Wildman–Crippen LogP) is -2.02. The van der Waals surface area contributed by atoms with Crippen molar-refractivity contribution in [3.8, 4) is 0 Å². The van der Waals surface area contributed by atoms with Crippen LogP contribution in [0.3, 0.4) is 0 Å². The average molecular weight is 158 g/mol. The number of ether oxygens (including phenoxy) is 1. The molecule has 0 aliphatic carbocycles. The van der Waals surface area contributed by atoms with Gasteiger partial charge in [-0.2, -0.15) is 0 Å². The summed E-state index contributed by atoms with van der Waals surface area (Å²) < 4.78 is 4.90. The fourth-order valence-electron chi connectivity index (χ4n) is 1.08. The smallest absolute Gasteiger partial charge is 0.112 e. The third kappa shape index (κ3) is 1.56. The van der Waals surface area contributed by atoms with Gasteiger partial charge in [-0.3, -0.25) is 0 Å². The largest absolute Gasteiger partial charge is 0.388 e. The Balaban J connectivity index is 2.63. The summed E-state index contributed by atoms with van der Waals surface area (Å²) in [6.07, 6.45) is -4.02. The van der Waals surface area contributed by atoms with Crippen LogP contribution in [-0.4, -0.2) is 53.6 Å². The van der Waals surface area contributed by atoms with Gasteiger partial charge in [0, 0.05) is 6.00 Å². The molecule has 0 bridgehead atoms. The molecule has 11 heavy (non-hydrogen) atoms. The van der Waals surface area contributed by atoms with Crippen LogP contribution in [0.1, 0.15) is 6.92 Å². The number of hydrogen-bond acceptors (Lipinski definition) is 4. The normalized spacial score (nSPS) is 52.5. The van der Waals surface area contributed by atoms with Gasteiger partial charge < -0.3 is 20.1 Å². The molecule has 2 unspecified atom stereocenters. The zero-order valence-corrected chi connectivity index (χ0v) is 6.21. The molecule has 5 heteroatoms. The second-order valence-corrected chi connectivity index (χ2v) is 2.78. The van der Waals surface area contributed by atoms with Gasteiger partial charge in [0.25, 0.3) is 0 Å². The van der Waals surface area contributed by atoms with Crippen molar-refractivity contribution in [3.63, 3.8) is 0 Å². The van der Waals surface area contributed by atoms with Crippen LogP contribution in [0.5, 0.6) is 0 Å². The molecule has 4 nitrogen and oxygen atoms in total. The third-order valence-electron chi connectivity index (χ3n) is 1.89. The topological polar surface area (TPSA) is 69.9 Å². The van der Waals surface area contributed by atoms with Gasteiger partial charge in [0.2, 0.25) is 0 Å². The Labute approximate surface area is 66.2 Å². The van der Waals surface area contributed by atoms with Crippen LogP contribution < -0.4 is 0 Å². The van der Waals surface area contributed by atoms with Gasteiger partial charge in [-0.15, -0.1) is 0 Å². The van der Waals surface area contributed by atoms with Gasteiger partial charge in [-0.25, -0.2) is 0 Å². The molecule has 62 valence electrons. The Morgan fingerprint density at radius 2 is 1.64 bits per heavy atom. The monoisotopic (exact) mass is 158 g/mol. The van der Waals surface area contributed by atoms with Crippen LogP contribution in [0.15, 0.2) is 0 Å². The highest BCUT2D eigenvalue weighted by Gasteiger charge is 2.38. The van der Waals surface area contributed by atoms with Crippen LogP contribution >= 0.6 is 0 Å². The molecule has 0 aromatic carbocycles. The number of rotatable bonds is 0. The standard InChI is InChI=1S/C6H11BO4/c1-2-3(8)4(9)5(10)6(7)11-2/h2-6,8-10H,1H3/t2?,3-,4?,5+,6-/m1/s1. The maximum absolute atomic E-state index is 9.14. The SMILES string of the molecule is [B][C@@H]1OC(C)[C@@H](O)C(O)[C@@H]1O. The zero-order valence-electron chi connectivity index (χ0n) is 6.21. The average Bonchev–Trinajstić information content (AvgIpc) is 1.97. The van der Waals surface area contributed by atoms with Crippen molar-refractivity contribution in [1.29, 1.82) is 0 Å². The van der Waals surface area contributed by atoms with Crippen LogP contribution in [0.4, 0.5) is 0 Å². The first-order valence-electron chi connectivity index (χ1n) is 3.49.